The molecule has 0 spiro atoms. The molecule has 0 aromatic heterocycles. The van der Waals surface area contributed by atoms with E-state index < -0.39 is 5.97 Å². The molecule has 0 saturated heterocycles. The second-order valence-corrected chi connectivity index (χ2v) is 4.56. The number of hydrogen-bond acceptors (Lipinski definition) is 1. The molecular weight excluding hydrogens is 223 g/mol. The van der Waals surface area contributed by atoms with Gasteiger partial charge in [-0.3, -0.25) is 0 Å². The van der Waals surface area contributed by atoms with Crippen LogP contribution in [0, 0.1) is 0 Å². The van der Waals surface area contributed by atoms with Gasteiger partial charge in [0, 0.05) is 0 Å². The van der Waals surface area contributed by atoms with Crippen LogP contribution in [0.3, 0.4) is 0 Å². The van der Waals surface area contributed by atoms with Crippen LogP contribution in [-0.4, -0.2) is 11.1 Å². The topological polar surface area (TPSA) is 37.3 Å². The summed E-state index contributed by atoms with van der Waals surface area (Å²) in [5.74, 6) is -0.813. The van der Waals surface area contributed by atoms with Crippen molar-refractivity contribution in [2.45, 2.75) is 12.8 Å². The molecule has 0 aliphatic heterocycles. The Morgan fingerprint density at radius 2 is 2.21 bits per heavy atom. The Labute approximate surface area is 88.7 Å². The third kappa shape index (κ3) is 1.88. The summed E-state index contributed by atoms with van der Waals surface area (Å²) in [7, 11) is 0. The van der Waals surface area contributed by atoms with E-state index in [4.69, 9.17) is 5.11 Å². The normalized spacial score (nSPS) is 19.6. The van der Waals surface area contributed by atoms with Gasteiger partial charge in [-0.1, -0.05) is 0 Å². The van der Waals surface area contributed by atoms with Crippen LogP contribution in [0.1, 0.15) is 12.8 Å². The van der Waals surface area contributed by atoms with Crippen molar-refractivity contribution in [3.63, 3.8) is 0 Å². The number of carboxylic acids is 1. The Morgan fingerprint density at radius 3 is 2.86 bits per heavy atom. The Balaban J connectivity index is 2.11. The van der Waals surface area contributed by atoms with Crippen molar-refractivity contribution in [1.29, 1.82) is 0 Å². The summed E-state index contributed by atoms with van der Waals surface area (Å²) < 4.78 is 2.28. The van der Waals surface area contributed by atoms with E-state index in [1.807, 2.05) is 12.2 Å². The molecular formula is C11H10CoO2. The van der Waals surface area contributed by atoms with Gasteiger partial charge in [-0.25, -0.2) is 0 Å². The summed E-state index contributed by atoms with van der Waals surface area (Å²) in [6.45, 7) is 0. The molecule has 0 fully saturated rings. The van der Waals surface area contributed by atoms with E-state index >= 15 is 0 Å². The molecule has 3 heteroatoms. The zero-order chi connectivity index (χ0) is 9.97. The standard InChI is InChI=1S/C6H5O2.C5H5.Co/c7-6(8)5-3-1-2-4-5;1-2-4-5-3-1;/h1,3H,2H2,(H,7,8);1-3H,4H2;. The molecule has 2 rings (SSSR count). The Morgan fingerprint density at radius 1 is 1.36 bits per heavy atom. The van der Waals surface area contributed by atoms with Crippen LogP contribution in [-0.2, 0) is 19.5 Å². The third-order valence-corrected chi connectivity index (χ3v) is 3.53. The monoisotopic (exact) mass is 233 g/mol. The van der Waals surface area contributed by atoms with Gasteiger partial charge < -0.3 is 0 Å². The van der Waals surface area contributed by atoms with Gasteiger partial charge in [0.2, 0.25) is 0 Å². The van der Waals surface area contributed by atoms with Gasteiger partial charge >= 0.3 is 88.4 Å². The van der Waals surface area contributed by atoms with Crippen molar-refractivity contribution in [3.05, 3.63) is 45.0 Å². The molecule has 75 valence electrons. The first-order chi connectivity index (χ1) is 6.77. The number of hydrogen-bond donors (Lipinski definition) is 1. The molecule has 0 aromatic carbocycles. The minimum atomic E-state index is -0.813. The molecule has 2 aliphatic rings. The predicted molar refractivity (Wildman–Crippen MR) is 50.3 cm³/mol. The molecule has 0 amide bonds. The number of aliphatic carboxylic acids is 1. The van der Waals surface area contributed by atoms with Crippen molar-refractivity contribution in [1.82, 2.24) is 0 Å². The fourth-order valence-electron chi connectivity index (χ4n) is 1.34. The molecule has 0 unspecified atom stereocenters. The summed E-state index contributed by atoms with van der Waals surface area (Å²) in [6, 6.07) is 0. The molecule has 2 nitrogen and oxygen atoms in total. The van der Waals surface area contributed by atoms with E-state index in [0.717, 1.165) is 32.0 Å². The van der Waals surface area contributed by atoms with Crippen molar-refractivity contribution < 1.29 is 24.6 Å². The minimum absolute atomic E-state index is 0.470. The van der Waals surface area contributed by atoms with Crippen LogP contribution in [0.2, 0.25) is 0 Å². The fraction of sp³-hybridized carbons (Fsp3) is 0.182. The molecule has 2 aliphatic carbocycles. The zero-order valence-corrected chi connectivity index (χ0v) is 8.53. The van der Waals surface area contributed by atoms with Gasteiger partial charge in [0.25, 0.3) is 0 Å². The first-order valence-electron chi connectivity index (χ1n) is 4.36. The SMILES string of the molecule is O=C(O)C1=[C]([Co][C]2=CC=CC2)CC=C1. The third-order valence-electron chi connectivity index (χ3n) is 2.00. The van der Waals surface area contributed by atoms with E-state index in [0.29, 0.717) is 5.57 Å². The predicted octanol–water partition coefficient (Wildman–Crippen LogP) is 2.21. The van der Waals surface area contributed by atoms with Crippen LogP contribution in [0.15, 0.2) is 45.0 Å². The fourth-order valence-corrected chi connectivity index (χ4v) is 2.72. The van der Waals surface area contributed by atoms with E-state index in [1.165, 1.54) is 4.51 Å². The molecule has 0 saturated carbocycles. The van der Waals surface area contributed by atoms with Crippen LogP contribution >= 0.6 is 0 Å². The number of rotatable bonds is 3. The van der Waals surface area contributed by atoms with Gasteiger partial charge in [-0.2, -0.15) is 0 Å². The number of allylic oxidation sites excluding steroid dienone is 6. The molecule has 0 atom stereocenters. The van der Waals surface area contributed by atoms with Crippen LogP contribution < -0.4 is 0 Å². The summed E-state index contributed by atoms with van der Waals surface area (Å²) in [5, 5.41) is 8.91. The molecule has 0 bridgehead atoms. The van der Waals surface area contributed by atoms with E-state index in [9.17, 15) is 4.79 Å². The molecule has 0 radical (unpaired) electrons. The Kier molecular flexibility index (Phi) is 2.70. The van der Waals surface area contributed by atoms with E-state index in [-0.39, 0.29) is 0 Å². The van der Waals surface area contributed by atoms with Gasteiger partial charge in [0.15, 0.2) is 0 Å². The average molecular weight is 233 g/mol. The maximum atomic E-state index is 10.8. The van der Waals surface area contributed by atoms with E-state index in [2.05, 4.69) is 12.2 Å². The first-order valence-corrected chi connectivity index (χ1v) is 5.40. The van der Waals surface area contributed by atoms with Gasteiger partial charge in [-0.05, 0) is 0 Å². The van der Waals surface area contributed by atoms with Crippen molar-refractivity contribution >= 4 is 5.97 Å². The van der Waals surface area contributed by atoms with Gasteiger partial charge in [0.1, 0.15) is 0 Å². The second kappa shape index (κ2) is 3.98. The van der Waals surface area contributed by atoms with Crippen LogP contribution in [0.5, 0.6) is 0 Å². The van der Waals surface area contributed by atoms with Gasteiger partial charge in [0.05, 0.1) is 0 Å². The quantitative estimate of drug-likeness (QED) is 0.811. The van der Waals surface area contributed by atoms with E-state index in [1.54, 1.807) is 6.08 Å². The summed E-state index contributed by atoms with van der Waals surface area (Å²) in [4.78, 5) is 10.8. The van der Waals surface area contributed by atoms with Crippen LogP contribution in [0.4, 0.5) is 0 Å². The zero-order valence-electron chi connectivity index (χ0n) is 7.49. The second-order valence-electron chi connectivity index (χ2n) is 3.00. The number of carbonyl (C=O) groups is 1. The Bertz CT molecular complexity index is 386. The average Bonchev–Trinajstić information content (AvgIpc) is 2.75. The summed E-state index contributed by atoms with van der Waals surface area (Å²) in [5.41, 5.74) is 0.470. The summed E-state index contributed by atoms with van der Waals surface area (Å²) >= 11 is 1.10. The molecule has 0 aromatic rings. The molecule has 0 heterocycles. The molecule has 1 N–H and O–H groups in total. The van der Waals surface area contributed by atoms with Crippen molar-refractivity contribution in [2.24, 2.45) is 0 Å². The van der Waals surface area contributed by atoms with Crippen molar-refractivity contribution in [3.8, 4) is 0 Å². The summed E-state index contributed by atoms with van der Waals surface area (Å²) in [6.07, 6.45) is 11.5. The van der Waals surface area contributed by atoms with Crippen molar-refractivity contribution in [2.75, 3.05) is 0 Å². The maximum absolute atomic E-state index is 10.8. The molecule has 14 heavy (non-hydrogen) atoms. The van der Waals surface area contributed by atoms with Crippen LogP contribution in [0.25, 0.3) is 0 Å². The Hall–Kier alpha value is -1.06. The van der Waals surface area contributed by atoms with Gasteiger partial charge in [-0.15, -0.1) is 0 Å². The first kappa shape index (κ1) is 9.49. The number of carboxylic acid groups (broad SMARTS) is 1.